The summed E-state index contributed by atoms with van der Waals surface area (Å²) >= 11 is 0. The van der Waals surface area contributed by atoms with Crippen LogP contribution in [0.25, 0.3) is 0 Å². The molecule has 0 fully saturated rings. The molecule has 3 heteroatoms. The lowest BCUT2D eigenvalue weighted by molar-refractivity contribution is -0.137. The van der Waals surface area contributed by atoms with E-state index in [9.17, 15) is 5.26 Å². The Morgan fingerprint density at radius 3 is 2.30 bits per heavy atom. The summed E-state index contributed by atoms with van der Waals surface area (Å²) in [5.41, 5.74) is 5.03. The highest BCUT2D eigenvalue weighted by atomic mass is 17.1. The predicted molar refractivity (Wildman–Crippen MR) is 83.0 cm³/mol. The smallest absolute Gasteiger partial charge is 0.192 e. The van der Waals surface area contributed by atoms with Crippen LogP contribution in [0.4, 0.5) is 11.4 Å². The first-order valence-corrected chi connectivity index (χ1v) is 6.82. The van der Waals surface area contributed by atoms with E-state index >= 15 is 0 Å². The summed E-state index contributed by atoms with van der Waals surface area (Å²) in [7, 11) is 0. The van der Waals surface area contributed by atoms with Crippen LogP contribution >= 0.6 is 0 Å². The first-order valence-electron chi connectivity index (χ1n) is 6.82. The molecule has 0 unspecified atom stereocenters. The van der Waals surface area contributed by atoms with Crippen molar-refractivity contribution in [1.82, 2.24) is 0 Å². The number of aryl methyl sites for hydroxylation is 1. The third kappa shape index (κ3) is 2.78. The Labute approximate surface area is 120 Å². The van der Waals surface area contributed by atoms with Crippen molar-refractivity contribution in [3.8, 4) is 5.75 Å². The molecule has 0 radical (unpaired) electrons. The van der Waals surface area contributed by atoms with Crippen LogP contribution in [0.5, 0.6) is 5.75 Å². The Balaban J connectivity index is 2.55. The van der Waals surface area contributed by atoms with Crippen molar-refractivity contribution >= 4 is 11.4 Å². The molecule has 0 aliphatic carbocycles. The Bertz CT molecular complexity index is 592. The second kappa shape index (κ2) is 5.97. The molecule has 0 saturated heterocycles. The summed E-state index contributed by atoms with van der Waals surface area (Å²) in [5, 5.41) is 12.6. The number of hydrogen-bond donors (Lipinski definition) is 2. The Kier molecular flexibility index (Phi) is 4.30. The summed E-state index contributed by atoms with van der Waals surface area (Å²) in [5.74, 6) is 0.778. The zero-order chi connectivity index (χ0) is 14.7. The molecule has 0 aliphatic heterocycles. The molecule has 2 aromatic carbocycles. The highest BCUT2D eigenvalue weighted by Crippen LogP contribution is 2.39. The normalized spacial score (nSPS) is 10.7. The van der Waals surface area contributed by atoms with Crippen LogP contribution in [0, 0.1) is 13.8 Å². The first kappa shape index (κ1) is 14.4. The van der Waals surface area contributed by atoms with Gasteiger partial charge in [0.1, 0.15) is 0 Å². The topological polar surface area (TPSA) is 41.5 Å². The standard InChI is InChI=1S/C17H21NO2/c1-11(2)15-10-12(3)13(4)16(17(15)20-19)18-14-8-6-5-7-9-14/h5-11,18-19H,1-4H3. The summed E-state index contributed by atoms with van der Waals surface area (Å²) in [6, 6.07) is 11.9. The molecule has 0 heterocycles. The van der Waals surface area contributed by atoms with Gasteiger partial charge in [0, 0.05) is 11.3 Å². The van der Waals surface area contributed by atoms with Crippen molar-refractivity contribution in [3.63, 3.8) is 0 Å². The van der Waals surface area contributed by atoms with E-state index in [2.05, 4.69) is 37.0 Å². The molecule has 106 valence electrons. The van der Waals surface area contributed by atoms with Crippen LogP contribution in [0.2, 0.25) is 0 Å². The molecular formula is C17H21NO2. The molecule has 0 aromatic heterocycles. The zero-order valence-corrected chi connectivity index (χ0v) is 12.4. The molecule has 2 N–H and O–H groups in total. The zero-order valence-electron chi connectivity index (χ0n) is 12.4. The van der Waals surface area contributed by atoms with Crippen molar-refractivity contribution in [2.75, 3.05) is 5.32 Å². The molecule has 0 bridgehead atoms. The molecule has 2 aromatic rings. The van der Waals surface area contributed by atoms with Gasteiger partial charge in [0.05, 0.1) is 5.69 Å². The Morgan fingerprint density at radius 2 is 1.75 bits per heavy atom. The Hall–Kier alpha value is -2.00. The Morgan fingerprint density at radius 1 is 1.10 bits per heavy atom. The van der Waals surface area contributed by atoms with Gasteiger partial charge in [0.25, 0.3) is 0 Å². The molecule has 0 aliphatic rings. The molecule has 2 rings (SSSR count). The number of anilines is 2. The lowest BCUT2D eigenvalue weighted by atomic mass is 9.95. The summed E-state index contributed by atoms with van der Waals surface area (Å²) in [6.07, 6.45) is 0. The van der Waals surface area contributed by atoms with Crippen molar-refractivity contribution < 1.29 is 10.1 Å². The van der Waals surface area contributed by atoms with Gasteiger partial charge >= 0.3 is 0 Å². The third-order valence-corrected chi connectivity index (χ3v) is 3.58. The molecule has 0 atom stereocenters. The van der Waals surface area contributed by atoms with Gasteiger partial charge in [0.2, 0.25) is 0 Å². The van der Waals surface area contributed by atoms with E-state index in [0.29, 0.717) is 5.75 Å². The van der Waals surface area contributed by atoms with Gasteiger partial charge in [-0.05, 0) is 43.0 Å². The lowest BCUT2D eigenvalue weighted by Crippen LogP contribution is -2.04. The van der Waals surface area contributed by atoms with E-state index in [1.54, 1.807) is 0 Å². The van der Waals surface area contributed by atoms with Gasteiger partial charge in [-0.3, -0.25) is 0 Å². The van der Waals surface area contributed by atoms with E-state index in [0.717, 1.165) is 22.5 Å². The van der Waals surface area contributed by atoms with Crippen molar-refractivity contribution in [2.45, 2.75) is 33.6 Å². The van der Waals surface area contributed by atoms with Crippen molar-refractivity contribution in [3.05, 3.63) is 53.1 Å². The van der Waals surface area contributed by atoms with E-state index < -0.39 is 0 Å². The second-order valence-corrected chi connectivity index (χ2v) is 5.35. The number of benzene rings is 2. The highest BCUT2D eigenvalue weighted by Gasteiger charge is 2.18. The quantitative estimate of drug-likeness (QED) is 0.606. The largest absolute Gasteiger partial charge is 0.352 e. The molecule has 0 spiro atoms. The maximum absolute atomic E-state index is 9.30. The first-order chi connectivity index (χ1) is 9.54. The van der Waals surface area contributed by atoms with Crippen molar-refractivity contribution in [1.29, 1.82) is 0 Å². The fourth-order valence-electron chi connectivity index (χ4n) is 2.26. The number of para-hydroxylation sites is 1. The predicted octanol–water partition coefficient (Wildman–Crippen LogP) is 5.02. The van der Waals surface area contributed by atoms with E-state index in [1.165, 1.54) is 5.56 Å². The SMILES string of the molecule is Cc1cc(C(C)C)c(OO)c(Nc2ccccc2)c1C. The average molecular weight is 271 g/mol. The van der Waals surface area contributed by atoms with Gasteiger partial charge in [-0.25, -0.2) is 5.26 Å². The van der Waals surface area contributed by atoms with Gasteiger partial charge in [-0.2, -0.15) is 0 Å². The van der Waals surface area contributed by atoms with Gasteiger partial charge < -0.3 is 10.2 Å². The van der Waals surface area contributed by atoms with Crippen LogP contribution < -0.4 is 10.2 Å². The molecule has 0 amide bonds. The molecule has 3 nitrogen and oxygen atoms in total. The maximum Gasteiger partial charge on any atom is 0.192 e. The highest BCUT2D eigenvalue weighted by molar-refractivity contribution is 5.73. The average Bonchev–Trinajstić information content (AvgIpc) is 2.44. The molecular weight excluding hydrogens is 250 g/mol. The summed E-state index contributed by atoms with van der Waals surface area (Å²) in [6.45, 7) is 8.25. The van der Waals surface area contributed by atoms with Crippen LogP contribution in [0.15, 0.2) is 36.4 Å². The fourth-order valence-corrected chi connectivity index (χ4v) is 2.26. The van der Waals surface area contributed by atoms with Gasteiger partial charge in [0.15, 0.2) is 5.75 Å². The number of hydrogen-bond acceptors (Lipinski definition) is 3. The number of nitrogens with one attached hydrogen (secondary N) is 1. The van der Waals surface area contributed by atoms with E-state index in [1.807, 2.05) is 37.3 Å². The monoisotopic (exact) mass is 271 g/mol. The lowest BCUT2D eigenvalue weighted by Gasteiger charge is -2.19. The number of rotatable bonds is 4. The minimum absolute atomic E-state index is 0.271. The van der Waals surface area contributed by atoms with Crippen molar-refractivity contribution in [2.24, 2.45) is 0 Å². The van der Waals surface area contributed by atoms with Crippen LogP contribution in [-0.2, 0) is 0 Å². The minimum Gasteiger partial charge on any atom is -0.352 e. The van der Waals surface area contributed by atoms with Crippen LogP contribution in [0.3, 0.4) is 0 Å². The van der Waals surface area contributed by atoms with Crippen LogP contribution in [0.1, 0.15) is 36.5 Å². The fraction of sp³-hybridized carbons (Fsp3) is 0.294. The maximum atomic E-state index is 9.30. The molecule has 0 saturated carbocycles. The summed E-state index contributed by atoms with van der Waals surface area (Å²) in [4.78, 5) is 4.68. The molecule has 20 heavy (non-hydrogen) atoms. The third-order valence-electron chi connectivity index (χ3n) is 3.58. The van der Waals surface area contributed by atoms with E-state index in [-0.39, 0.29) is 5.92 Å². The second-order valence-electron chi connectivity index (χ2n) is 5.35. The van der Waals surface area contributed by atoms with Gasteiger partial charge in [-0.15, -0.1) is 0 Å². The minimum atomic E-state index is 0.271. The summed E-state index contributed by atoms with van der Waals surface area (Å²) < 4.78 is 0. The van der Waals surface area contributed by atoms with Crippen LogP contribution in [-0.4, -0.2) is 5.26 Å². The van der Waals surface area contributed by atoms with E-state index in [4.69, 9.17) is 0 Å². The van der Waals surface area contributed by atoms with Gasteiger partial charge in [-0.1, -0.05) is 38.1 Å².